The number of amidine groups is 1. The lowest BCUT2D eigenvalue weighted by atomic mass is 9.88. The third-order valence-corrected chi connectivity index (χ3v) is 6.92. The van der Waals surface area contributed by atoms with Gasteiger partial charge in [0.2, 0.25) is 5.91 Å². The van der Waals surface area contributed by atoms with Crippen molar-refractivity contribution < 1.29 is 22.7 Å². The Morgan fingerprint density at radius 3 is 2.63 bits per heavy atom. The Balaban J connectivity index is 1.54. The molecule has 2 aliphatic rings. The Hall–Kier alpha value is -3.17. The second kappa shape index (κ2) is 10.6. The van der Waals surface area contributed by atoms with Crippen molar-refractivity contribution in [3.8, 4) is 5.75 Å². The van der Waals surface area contributed by atoms with Gasteiger partial charge in [0.1, 0.15) is 11.7 Å². The number of carbonyl (C=O) groups excluding carboxylic acids is 1. The van der Waals surface area contributed by atoms with Crippen LogP contribution in [-0.2, 0) is 4.79 Å². The predicted octanol–water partition coefficient (Wildman–Crippen LogP) is 5.68. The molecule has 1 unspecified atom stereocenters. The van der Waals surface area contributed by atoms with E-state index in [9.17, 15) is 18.0 Å². The van der Waals surface area contributed by atoms with E-state index in [0.717, 1.165) is 68.4 Å². The molecule has 4 rings (SSSR count). The summed E-state index contributed by atoms with van der Waals surface area (Å²) in [5.74, 6) is 0.303. The third kappa shape index (κ3) is 6.10. The summed E-state index contributed by atoms with van der Waals surface area (Å²) in [6.07, 6.45) is 3.06. The molecule has 4 N–H and O–H groups in total. The Morgan fingerprint density at radius 2 is 1.91 bits per heavy atom. The molecule has 2 aromatic rings. The number of nitrogens with one attached hydrogen (secondary N) is 4. The Bertz CT molecular complexity index is 1050. The fraction of sp³-hybridized carbons (Fsp3) is 0.520. The quantitative estimate of drug-likeness (QED) is 0.309. The number of hydrogen-bond acceptors (Lipinski definition) is 4. The lowest BCUT2D eigenvalue weighted by Gasteiger charge is -2.35. The molecule has 0 spiro atoms. The zero-order valence-corrected chi connectivity index (χ0v) is 19.8. The summed E-state index contributed by atoms with van der Waals surface area (Å²) < 4.78 is 43.3. The lowest BCUT2D eigenvalue weighted by molar-refractivity contribution is -0.274. The molecule has 190 valence electrons. The minimum atomic E-state index is -4.86. The number of benzene rings is 1. The van der Waals surface area contributed by atoms with E-state index < -0.39 is 12.1 Å². The number of amides is 1. The molecule has 1 aromatic heterocycles. The zero-order valence-electron chi connectivity index (χ0n) is 19.8. The van der Waals surface area contributed by atoms with Gasteiger partial charge in [0, 0.05) is 38.2 Å². The molecule has 1 amide bonds. The van der Waals surface area contributed by atoms with Gasteiger partial charge >= 0.3 is 6.36 Å². The molecule has 35 heavy (non-hydrogen) atoms. The maximum Gasteiger partial charge on any atom is 0.573 e. The first-order valence-electron chi connectivity index (χ1n) is 12.1. The Labute approximate surface area is 202 Å². The fourth-order valence-corrected chi connectivity index (χ4v) is 5.11. The molecule has 2 heterocycles. The summed E-state index contributed by atoms with van der Waals surface area (Å²) in [5, 5.41) is 14.5. The highest BCUT2D eigenvalue weighted by atomic mass is 19.4. The number of likely N-dealkylation sites (tertiary alicyclic amines) is 1. The number of rotatable bonds is 6. The monoisotopic (exact) mass is 491 g/mol. The van der Waals surface area contributed by atoms with Crippen molar-refractivity contribution in [2.24, 2.45) is 5.92 Å². The minimum Gasteiger partial charge on any atom is -0.404 e. The van der Waals surface area contributed by atoms with Crippen LogP contribution in [0.1, 0.15) is 62.0 Å². The molecule has 1 atom stereocenters. The number of aromatic nitrogens is 1. The van der Waals surface area contributed by atoms with E-state index in [1.807, 2.05) is 11.0 Å². The molecule has 7 nitrogen and oxygen atoms in total. The van der Waals surface area contributed by atoms with Gasteiger partial charge in [0.05, 0.1) is 11.3 Å². The lowest BCUT2D eigenvalue weighted by Crippen LogP contribution is -2.39. The largest absolute Gasteiger partial charge is 0.573 e. The van der Waals surface area contributed by atoms with Gasteiger partial charge in [-0.2, -0.15) is 0 Å². The first-order valence-corrected chi connectivity index (χ1v) is 12.1. The van der Waals surface area contributed by atoms with Gasteiger partial charge in [0.25, 0.3) is 0 Å². The van der Waals surface area contributed by atoms with Crippen LogP contribution in [0.15, 0.2) is 30.5 Å². The van der Waals surface area contributed by atoms with Gasteiger partial charge in [-0.15, -0.1) is 13.2 Å². The summed E-state index contributed by atoms with van der Waals surface area (Å²) in [7, 11) is 1.79. The van der Waals surface area contributed by atoms with Crippen LogP contribution in [-0.4, -0.2) is 48.1 Å². The highest BCUT2D eigenvalue weighted by Crippen LogP contribution is 2.37. The predicted molar refractivity (Wildman–Crippen MR) is 129 cm³/mol. The highest BCUT2D eigenvalue weighted by Gasteiger charge is 2.33. The van der Waals surface area contributed by atoms with Gasteiger partial charge in [-0.05, 0) is 49.4 Å². The maximum absolute atomic E-state index is 13.0. The first kappa shape index (κ1) is 24.9. The minimum absolute atomic E-state index is 0.00588. The van der Waals surface area contributed by atoms with E-state index in [1.54, 1.807) is 25.4 Å². The number of halogens is 3. The number of H-pyrrole nitrogens is 1. The number of carbonyl (C=O) groups is 1. The van der Waals surface area contributed by atoms with Crippen LogP contribution in [0, 0.1) is 11.3 Å². The molecular weight excluding hydrogens is 459 g/mol. The SMILES string of the molecule is CNc1[nH]ccc1C(=N)N1CCCC(c2ccc(OC(F)(F)F)c(NC(=O)C3CCCCC3)c2)C1. The van der Waals surface area contributed by atoms with Crippen LogP contribution < -0.4 is 15.4 Å². The van der Waals surface area contributed by atoms with Crippen molar-refractivity contribution in [3.63, 3.8) is 0 Å². The zero-order chi connectivity index (χ0) is 25.0. The van der Waals surface area contributed by atoms with E-state index in [-0.39, 0.29) is 23.4 Å². The molecule has 1 saturated carbocycles. The van der Waals surface area contributed by atoms with Gasteiger partial charge in [-0.1, -0.05) is 25.3 Å². The number of ether oxygens (including phenoxy) is 1. The number of alkyl halides is 3. The smallest absolute Gasteiger partial charge is 0.404 e. The summed E-state index contributed by atoms with van der Waals surface area (Å²) in [4.78, 5) is 17.9. The molecule has 0 bridgehead atoms. The molecule has 1 saturated heterocycles. The van der Waals surface area contributed by atoms with Crippen molar-refractivity contribution in [3.05, 3.63) is 41.6 Å². The van der Waals surface area contributed by atoms with Gasteiger partial charge in [-0.3, -0.25) is 10.2 Å². The number of nitrogens with zero attached hydrogens (tertiary/aromatic N) is 1. The van der Waals surface area contributed by atoms with E-state index in [1.165, 1.54) is 6.07 Å². The number of anilines is 2. The summed E-state index contributed by atoms with van der Waals surface area (Å²) in [6, 6.07) is 6.37. The molecule has 2 fully saturated rings. The first-order chi connectivity index (χ1) is 16.7. The van der Waals surface area contributed by atoms with Crippen molar-refractivity contribution in [2.45, 2.75) is 57.2 Å². The van der Waals surface area contributed by atoms with Gasteiger partial charge < -0.3 is 25.3 Å². The highest BCUT2D eigenvalue weighted by molar-refractivity contribution is 6.01. The van der Waals surface area contributed by atoms with E-state index >= 15 is 0 Å². The average molecular weight is 492 g/mol. The van der Waals surface area contributed by atoms with Crippen LogP contribution in [0.25, 0.3) is 0 Å². The average Bonchev–Trinajstić information content (AvgIpc) is 3.33. The molecule has 1 aliphatic heterocycles. The second-order valence-corrected chi connectivity index (χ2v) is 9.28. The third-order valence-electron chi connectivity index (χ3n) is 6.92. The fourth-order valence-electron chi connectivity index (χ4n) is 5.11. The Kier molecular flexibility index (Phi) is 7.57. The topological polar surface area (TPSA) is 93.2 Å². The summed E-state index contributed by atoms with van der Waals surface area (Å²) >= 11 is 0. The van der Waals surface area contributed by atoms with Crippen LogP contribution in [0.2, 0.25) is 0 Å². The van der Waals surface area contributed by atoms with E-state index in [0.29, 0.717) is 12.4 Å². The number of aromatic amines is 1. The van der Waals surface area contributed by atoms with Crippen LogP contribution >= 0.6 is 0 Å². The molecule has 0 radical (unpaired) electrons. The van der Waals surface area contributed by atoms with E-state index in [2.05, 4.69) is 20.4 Å². The van der Waals surface area contributed by atoms with Crippen molar-refractivity contribution in [1.82, 2.24) is 9.88 Å². The van der Waals surface area contributed by atoms with E-state index in [4.69, 9.17) is 5.41 Å². The second-order valence-electron chi connectivity index (χ2n) is 9.28. The summed E-state index contributed by atoms with van der Waals surface area (Å²) in [5.41, 5.74) is 1.63. The maximum atomic E-state index is 13.0. The summed E-state index contributed by atoms with van der Waals surface area (Å²) in [6.45, 7) is 1.28. The number of piperidine rings is 1. The molecule has 10 heteroatoms. The van der Waals surface area contributed by atoms with Crippen molar-refractivity contribution >= 4 is 23.2 Å². The van der Waals surface area contributed by atoms with Gasteiger partial charge in [0.15, 0.2) is 5.75 Å². The van der Waals surface area contributed by atoms with Crippen LogP contribution in [0.3, 0.4) is 0 Å². The molecule has 1 aromatic carbocycles. The van der Waals surface area contributed by atoms with Crippen LogP contribution in [0.4, 0.5) is 24.7 Å². The standard InChI is InChI=1S/C25H32F3N5O2/c1-30-23-19(11-12-31-23)22(29)33-13-5-8-18(15-33)17-9-10-21(35-25(26,27)28)20(14-17)32-24(34)16-6-3-2-4-7-16/h9-12,14,16,18,29-31H,2-8,13,15H2,1H3,(H,32,34). The number of hydrogen-bond donors (Lipinski definition) is 4. The van der Waals surface area contributed by atoms with Gasteiger partial charge in [-0.25, -0.2) is 0 Å². The molecule has 1 aliphatic carbocycles. The van der Waals surface area contributed by atoms with Crippen molar-refractivity contribution in [1.29, 1.82) is 5.41 Å². The Morgan fingerprint density at radius 1 is 1.14 bits per heavy atom. The van der Waals surface area contributed by atoms with Crippen molar-refractivity contribution in [2.75, 3.05) is 30.8 Å². The van der Waals surface area contributed by atoms with Crippen LogP contribution in [0.5, 0.6) is 5.75 Å². The molecular formula is C25H32F3N5O2. The normalized spacial score (nSPS) is 19.3.